The summed E-state index contributed by atoms with van der Waals surface area (Å²) in [6.07, 6.45) is 2.71. The van der Waals surface area contributed by atoms with E-state index in [1.54, 1.807) is 12.3 Å². The van der Waals surface area contributed by atoms with Crippen LogP contribution >= 0.6 is 0 Å². The highest BCUT2D eigenvalue weighted by molar-refractivity contribution is 5.92. The monoisotopic (exact) mass is 149 g/mol. The second kappa shape index (κ2) is 3.14. The highest BCUT2D eigenvalue weighted by Crippen LogP contribution is 1.99. The molecule has 0 fully saturated rings. The van der Waals surface area contributed by atoms with Crippen molar-refractivity contribution in [2.24, 2.45) is 5.73 Å². The average molecular weight is 149 g/mol. The van der Waals surface area contributed by atoms with E-state index in [9.17, 15) is 0 Å². The minimum absolute atomic E-state index is 0.0210. The molecule has 58 valence electrons. The first kappa shape index (κ1) is 7.72. The Labute approximate surface area is 65.8 Å². The maximum Gasteiger partial charge on any atom is 0.141 e. The van der Waals surface area contributed by atoms with Crippen LogP contribution in [0.4, 0.5) is 0 Å². The highest BCUT2D eigenvalue weighted by Gasteiger charge is 1.95. The molecule has 3 N–H and O–H groups in total. The van der Waals surface area contributed by atoms with Crippen LogP contribution in [0.1, 0.15) is 18.2 Å². The van der Waals surface area contributed by atoms with Crippen molar-refractivity contribution >= 4 is 5.84 Å². The molecule has 3 heteroatoms. The summed E-state index contributed by atoms with van der Waals surface area (Å²) in [5.74, 6) is 0.0210. The topological polar surface area (TPSA) is 62.8 Å². The number of nitrogens with two attached hydrogens (primary N) is 1. The summed E-state index contributed by atoms with van der Waals surface area (Å²) in [7, 11) is 0. The van der Waals surface area contributed by atoms with Crippen molar-refractivity contribution in [1.29, 1.82) is 5.41 Å². The van der Waals surface area contributed by atoms with Crippen molar-refractivity contribution in [2.75, 3.05) is 0 Å². The molecule has 0 aliphatic rings. The molecule has 0 amide bonds. The fraction of sp³-hybridized carbons (Fsp3) is 0.250. The van der Waals surface area contributed by atoms with Gasteiger partial charge in [0.05, 0.1) is 0 Å². The van der Waals surface area contributed by atoms with E-state index in [0.29, 0.717) is 5.69 Å². The van der Waals surface area contributed by atoms with E-state index in [1.807, 2.05) is 6.07 Å². The molecule has 1 heterocycles. The van der Waals surface area contributed by atoms with Gasteiger partial charge < -0.3 is 5.73 Å². The number of nitrogens with zero attached hydrogens (tertiary/aromatic N) is 1. The lowest BCUT2D eigenvalue weighted by Crippen LogP contribution is -2.12. The molecule has 0 atom stereocenters. The second-order valence-corrected chi connectivity index (χ2v) is 2.32. The van der Waals surface area contributed by atoms with E-state index in [-0.39, 0.29) is 5.84 Å². The summed E-state index contributed by atoms with van der Waals surface area (Å²) in [5, 5.41) is 7.08. The van der Waals surface area contributed by atoms with Crippen LogP contribution in [0.5, 0.6) is 0 Å². The number of hydrogen-bond acceptors (Lipinski definition) is 2. The van der Waals surface area contributed by atoms with Crippen LogP contribution in [0.25, 0.3) is 0 Å². The van der Waals surface area contributed by atoms with Gasteiger partial charge in [-0.3, -0.25) is 10.4 Å². The summed E-state index contributed by atoms with van der Waals surface area (Å²) in [6.45, 7) is 2.06. The van der Waals surface area contributed by atoms with Gasteiger partial charge in [0, 0.05) is 6.20 Å². The third-order valence-electron chi connectivity index (χ3n) is 1.51. The summed E-state index contributed by atoms with van der Waals surface area (Å²) in [6, 6.07) is 3.70. The first-order valence-corrected chi connectivity index (χ1v) is 3.53. The summed E-state index contributed by atoms with van der Waals surface area (Å²) in [4.78, 5) is 4.00. The lowest BCUT2D eigenvalue weighted by Gasteiger charge is -1.97. The first-order chi connectivity index (χ1) is 5.24. The number of rotatable bonds is 2. The minimum atomic E-state index is 0.0210. The largest absolute Gasteiger partial charge is 0.382 e. The highest BCUT2D eigenvalue weighted by atomic mass is 14.8. The van der Waals surface area contributed by atoms with E-state index in [0.717, 1.165) is 12.0 Å². The fourth-order valence-electron chi connectivity index (χ4n) is 0.793. The first-order valence-electron chi connectivity index (χ1n) is 3.53. The summed E-state index contributed by atoms with van der Waals surface area (Å²) >= 11 is 0. The molecule has 0 unspecified atom stereocenters. The van der Waals surface area contributed by atoms with Gasteiger partial charge in [0.15, 0.2) is 0 Å². The predicted octanol–water partition coefficient (Wildman–Crippen LogP) is 0.928. The van der Waals surface area contributed by atoms with Gasteiger partial charge in [0.2, 0.25) is 0 Å². The smallest absolute Gasteiger partial charge is 0.141 e. The predicted molar refractivity (Wildman–Crippen MR) is 44.6 cm³/mol. The van der Waals surface area contributed by atoms with Crippen LogP contribution in [-0.2, 0) is 6.42 Å². The zero-order valence-electron chi connectivity index (χ0n) is 6.46. The average Bonchev–Trinajstić information content (AvgIpc) is 2.05. The normalized spacial score (nSPS) is 9.55. The van der Waals surface area contributed by atoms with E-state index >= 15 is 0 Å². The molecule has 0 aromatic carbocycles. The Morgan fingerprint density at radius 2 is 2.36 bits per heavy atom. The third kappa shape index (κ3) is 1.77. The second-order valence-electron chi connectivity index (χ2n) is 2.32. The Hall–Kier alpha value is -1.38. The fourth-order valence-corrected chi connectivity index (χ4v) is 0.793. The van der Waals surface area contributed by atoms with E-state index in [1.165, 1.54) is 0 Å². The Bertz CT molecular complexity index is 251. The number of pyridine rings is 1. The Kier molecular flexibility index (Phi) is 2.21. The molecule has 0 bridgehead atoms. The molecular weight excluding hydrogens is 138 g/mol. The SMILES string of the molecule is CCc1ccc(C(=N)N)nc1. The van der Waals surface area contributed by atoms with Crippen LogP contribution in [0.3, 0.4) is 0 Å². The lowest BCUT2D eigenvalue weighted by molar-refractivity contribution is 1.09. The standard InChI is InChI=1S/C8H11N3/c1-2-6-3-4-7(8(9)10)11-5-6/h3-5H,2H2,1H3,(H3,9,10). The number of nitrogen functional groups attached to an aromatic ring is 1. The van der Waals surface area contributed by atoms with Crippen LogP contribution in [0, 0.1) is 5.41 Å². The molecule has 0 radical (unpaired) electrons. The van der Waals surface area contributed by atoms with Gasteiger partial charge in [-0.2, -0.15) is 0 Å². The molecule has 3 nitrogen and oxygen atoms in total. The number of nitrogens with one attached hydrogen (secondary N) is 1. The number of aromatic nitrogens is 1. The van der Waals surface area contributed by atoms with Crippen molar-refractivity contribution in [3.05, 3.63) is 29.6 Å². The molecule has 0 spiro atoms. The Balaban J connectivity index is 2.91. The Morgan fingerprint density at radius 1 is 1.64 bits per heavy atom. The minimum Gasteiger partial charge on any atom is -0.382 e. The van der Waals surface area contributed by atoms with Gasteiger partial charge in [-0.25, -0.2) is 0 Å². The van der Waals surface area contributed by atoms with E-state index in [4.69, 9.17) is 11.1 Å². The van der Waals surface area contributed by atoms with Gasteiger partial charge in [-0.15, -0.1) is 0 Å². The maximum absolute atomic E-state index is 7.08. The van der Waals surface area contributed by atoms with Gasteiger partial charge in [0.1, 0.15) is 11.5 Å². The lowest BCUT2D eigenvalue weighted by atomic mass is 10.2. The van der Waals surface area contributed by atoms with Crippen molar-refractivity contribution in [3.63, 3.8) is 0 Å². The molecule has 1 rings (SSSR count). The molecule has 0 saturated carbocycles. The van der Waals surface area contributed by atoms with Crippen LogP contribution in [-0.4, -0.2) is 10.8 Å². The molecule has 11 heavy (non-hydrogen) atoms. The van der Waals surface area contributed by atoms with Gasteiger partial charge in [-0.1, -0.05) is 13.0 Å². The summed E-state index contributed by atoms with van der Waals surface area (Å²) < 4.78 is 0. The van der Waals surface area contributed by atoms with Crippen molar-refractivity contribution in [1.82, 2.24) is 4.98 Å². The molecule has 1 aromatic heterocycles. The van der Waals surface area contributed by atoms with Crippen LogP contribution in [0.2, 0.25) is 0 Å². The third-order valence-corrected chi connectivity index (χ3v) is 1.51. The maximum atomic E-state index is 7.08. The molecule has 0 aliphatic heterocycles. The number of aryl methyl sites for hydroxylation is 1. The van der Waals surface area contributed by atoms with Crippen molar-refractivity contribution < 1.29 is 0 Å². The zero-order valence-corrected chi connectivity index (χ0v) is 6.46. The number of hydrogen-bond donors (Lipinski definition) is 2. The van der Waals surface area contributed by atoms with E-state index < -0.39 is 0 Å². The summed E-state index contributed by atoms with van der Waals surface area (Å²) in [5.41, 5.74) is 6.93. The van der Waals surface area contributed by atoms with Crippen LogP contribution < -0.4 is 5.73 Å². The number of amidine groups is 1. The molecule has 0 saturated heterocycles. The van der Waals surface area contributed by atoms with Gasteiger partial charge in [0.25, 0.3) is 0 Å². The van der Waals surface area contributed by atoms with Crippen molar-refractivity contribution in [3.8, 4) is 0 Å². The van der Waals surface area contributed by atoms with Gasteiger partial charge in [-0.05, 0) is 18.1 Å². The quantitative estimate of drug-likeness (QED) is 0.485. The Morgan fingerprint density at radius 3 is 2.73 bits per heavy atom. The molecular formula is C8H11N3. The van der Waals surface area contributed by atoms with Crippen molar-refractivity contribution in [2.45, 2.75) is 13.3 Å². The van der Waals surface area contributed by atoms with E-state index in [2.05, 4.69) is 11.9 Å². The van der Waals surface area contributed by atoms with Gasteiger partial charge >= 0.3 is 0 Å². The zero-order chi connectivity index (χ0) is 8.27. The van der Waals surface area contributed by atoms with Crippen LogP contribution in [0.15, 0.2) is 18.3 Å². The molecule has 0 aliphatic carbocycles. The molecule has 1 aromatic rings.